The summed E-state index contributed by atoms with van der Waals surface area (Å²) in [7, 11) is 1.46. The van der Waals surface area contributed by atoms with Crippen LogP contribution in [-0.2, 0) is 22.7 Å². The van der Waals surface area contributed by atoms with E-state index in [-0.39, 0.29) is 11.9 Å². The molecular weight excluding hydrogens is 476 g/mol. The van der Waals surface area contributed by atoms with Crippen molar-refractivity contribution in [1.82, 2.24) is 4.98 Å². The summed E-state index contributed by atoms with van der Waals surface area (Å²) < 4.78 is 17.1. The van der Waals surface area contributed by atoms with Crippen LogP contribution in [0.5, 0.6) is 11.8 Å². The highest BCUT2D eigenvalue weighted by Crippen LogP contribution is 2.33. The van der Waals surface area contributed by atoms with E-state index in [0.717, 1.165) is 53.9 Å². The Morgan fingerprint density at radius 1 is 0.789 bits per heavy atom. The van der Waals surface area contributed by atoms with E-state index in [9.17, 15) is 4.79 Å². The minimum Gasteiger partial charge on any atom is -0.473 e. The lowest BCUT2D eigenvalue weighted by molar-refractivity contribution is -0.146. The second-order valence-corrected chi connectivity index (χ2v) is 9.38. The number of hydrogen-bond donors (Lipinski definition) is 0. The Labute approximate surface area is 223 Å². The van der Waals surface area contributed by atoms with Crippen molar-refractivity contribution in [3.8, 4) is 22.9 Å². The van der Waals surface area contributed by atoms with Gasteiger partial charge < -0.3 is 19.1 Å². The maximum absolute atomic E-state index is 11.9. The SMILES string of the molecule is COC(=O)C1CCN(c2ccc(-c3ccc(OCc4ccccc4)nc3OCc3ccccc3)cc2)CC1. The molecule has 1 aliphatic heterocycles. The molecule has 1 fully saturated rings. The summed E-state index contributed by atoms with van der Waals surface area (Å²) in [5.41, 5.74) is 5.21. The van der Waals surface area contributed by atoms with Gasteiger partial charge in [-0.15, -0.1) is 0 Å². The summed E-state index contributed by atoms with van der Waals surface area (Å²) in [6, 6.07) is 32.4. The number of esters is 1. The van der Waals surface area contributed by atoms with Gasteiger partial charge in [0.2, 0.25) is 11.8 Å². The highest BCUT2D eigenvalue weighted by atomic mass is 16.5. The lowest BCUT2D eigenvalue weighted by Crippen LogP contribution is -2.36. The van der Waals surface area contributed by atoms with Crippen molar-refractivity contribution >= 4 is 11.7 Å². The summed E-state index contributed by atoms with van der Waals surface area (Å²) in [5, 5.41) is 0. The molecule has 0 spiro atoms. The van der Waals surface area contributed by atoms with Crippen LogP contribution in [0, 0.1) is 5.92 Å². The van der Waals surface area contributed by atoms with Gasteiger partial charge in [0.1, 0.15) is 13.2 Å². The summed E-state index contributed by atoms with van der Waals surface area (Å²) >= 11 is 0. The summed E-state index contributed by atoms with van der Waals surface area (Å²) in [5.74, 6) is 0.942. The van der Waals surface area contributed by atoms with Crippen molar-refractivity contribution in [3.63, 3.8) is 0 Å². The molecule has 6 nitrogen and oxygen atoms in total. The molecule has 38 heavy (non-hydrogen) atoms. The molecule has 194 valence electrons. The molecule has 2 heterocycles. The van der Waals surface area contributed by atoms with Crippen molar-refractivity contribution < 1.29 is 19.0 Å². The molecule has 0 bridgehead atoms. The molecule has 0 atom stereocenters. The summed E-state index contributed by atoms with van der Waals surface area (Å²) in [4.78, 5) is 18.9. The van der Waals surface area contributed by atoms with Crippen molar-refractivity contribution in [2.45, 2.75) is 26.1 Å². The number of methoxy groups -OCH3 is 1. The highest BCUT2D eigenvalue weighted by Gasteiger charge is 2.25. The van der Waals surface area contributed by atoms with Crippen LogP contribution >= 0.6 is 0 Å². The molecular formula is C32H32N2O4. The van der Waals surface area contributed by atoms with Crippen LogP contribution in [0.15, 0.2) is 97.1 Å². The summed E-state index contributed by atoms with van der Waals surface area (Å²) in [6.45, 7) is 2.52. The lowest BCUT2D eigenvalue weighted by Gasteiger charge is -2.32. The van der Waals surface area contributed by atoms with Gasteiger partial charge in [-0.25, -0.2) is 0 Å². The molecule has 6 heteroatoms. The highest BCUT2D eigenvalue weighted by molar-refractivity contribution is 5.73. The fraction of sp³-hybridized carbons (Fsp3) is 0.250. The minimum atomic E-state index is -0.105. The Bertz CT molecular complexity index is 1320. The molecule has 5 rings (SSSR count). The Morgan fingerprint density at radius 2 is 1.39 bits per heavy atom. The molecule has 0 aliphatic carbocycles. The number of rotatable bonds is 9. The molecule has 1 aliphatic rings. The van der Waals surface area contributed by atoms with Gasteiger partial charge in [-0.2, -0.15) is 4.98 Å². The Kier molecular flexibility index (Phi) is 8.19. The monoisotopic (exact) mass is 508 g/mol. The van der Waals surface area contributed by atoms with Crippen LogP contribution in [0.2, 0.25) is 0 Å². The Morgan fingerprint density at radius 3 is 2.00 bits per heavy atom. The number of carbonyl (C=O) groups excluding carboxylic acids is 1. The van der Waals surface area contributed by atoms with Gasteiger partial charge in [0.05, 0.1) is 13.0 Å². The van der Waals surface area contributed by atoms with E-state index < -0.39 is 0 Å². The maximum atomic E-state index is 11.9. The van der Waals surface area contributed by atoms with Crippen molar-refractivity contribution in [2.75, 3.05) is 25.1 Å². The molecule has 3 aromatic carbocycles. The number of hydrogen-bond acceptors (Lipinski definition) is 6. The van der Waals surface area contributed by atoms with E-state index >= 15 is 0 Å². The predicted molar refractivity (Wildman–Crippen MR) is 148 cm³/mol. The number of pyridine rings is 1. The normalized spacial score (nSPS) is 13.7. The average molecular weight is 509 g/mol. The second-order valence-electron chi connectivity index (χ2n) is 9.38. The lowest BCUT2D eigenvalue weighted by atomic mass is 9.96. The number of piperidine rings is 1. The van der Waals surface area contributed by atoms with Gasteiger partial charge in [-0.1, -0.05) is 72.8 Å². The van der Waals surface area contributed by atoms with E-state index in [2.05, 4.69) is 29.2 Å². The van der Waals surface area contributed by atoms with Gasteiger partial charge in [0.25, 0.3) is 0 Å². The van der Waals surface area contributed by atoms with Crippen LogP contribution in [0.25, 0.3) is 11.1 Å². The number of ether oxygens (including phenoxy) is 3. The largest absolute Gasteiger partial charge is 0.473 e. The predicted octanol–water partition coefficient (Wildman–Crippen LogP) is 6.30. The molecule has 1 aromatic heterocycles. The first-order valence-electron chi connectivity index (χ1n) is 13.0. The van der Waals surface area contributed by atoms with E-state index in [1.807, 2.05) is 72.8 Å². The fourth-order valence-electron chi connectivity index (χ4n) is 4.68. The molecule has 1 saturated heterocycles. The molecule has 0 amide bonds. The second kappa shape index (κ2) is 12.3. The van der Waals surface area contributed by atoms with Gasteiger partial charge in [0.15, 0.2) is 0 Å². The third-order valence-electron chi connectivity index (χ3n) is 6.86. The Hall–Kier alpha value is -4.32. The number of benzene rings is 3. The van der Waals surface area contributed by atoms with E-state index in [1.165, 1.54) is 7.11 Å². The molecule has 4 aromatic rings. The fourth-order valence-corrected chi connectivity index (χ4v) is 4.68. The zero-order valence-corrected chi connectivity index (χ0v) is 21.6. The zero-order valence-electron chi connectivity index (χ0n) is 21.6. The van der Waals surface area contributed by atoms with Crippen LogP contribution in [0.3, 0.4) is 0 Å². The van der Waals surface area contributed by atoms with Crippen molar-refractivity contribution in [2.24, 2.45) is 5.92 Å². The molecule has 0 saturated carbocycles. The smallest absolute Gasteiger partial charge is 0.308 e. The molecule has 0 N–H and O–H groups in total. The average Bonchev–Trinajstić information content (AvgIpc) is 3.00. The van der Waals surface area contributed by atoms with E-state index in [0.29, 0.717) is 25.0 Å². The first kappa shape index (κ1) is 25.3. The van der Waals surface area contributed by atoms with Crippen LogP contribution in [-0.4, -0.2) is 31.2 Å². The maximum Gasteiger partial charge on any atom is 0.308 e. The number of anilines is 1. The summed E-state index contributed by atoms with van der Waals surface area (Å²) in [6.07, 6.45) is 1.61. The van der Waals surface area contributed by atoms with Gasteiger partial charge in [0, 0.05) is 30.4 Å². The first-order valence-corrected chi connectivity index (χ1v) is 13.0. The number of aromatic nitrogens is 1. The van der Waals surface area contributed by atoms with Gasteiger partial charge in [-0.05, 0) is 47.7 Å². The van der Waals surface area contributed by atoms with E-state index in [4.69, 9.17) is 19.2 Å². The molecule has 0 radical (unpaired) electrons. The van der Waals surface area contributed by atoms with E-state index in [1.54, 1.807) is 0 Å². The number of nitrogens with zero attached hydrogens (tertiary/aromatic N) is 2. The zero-order chi connectivity index (χ0) is 26.2. The third-order valence-corrected chi connectivity index (χ3v) is 6.86. The molecule has 0 unspecified atom stereocenters. The quantitative estimate of drug-likeness (QED) is 0.248. The van der Waals surface area contributed by atoms with Crippen molar-refractivity contribution in [3.05, 3.63) is 108 Å². The van der Waals surface area contributed by atoms with Gasteiger partial charge in [-0.3, -0.25) is 4.79 Å². The topological polar surface area (TPSA) is 60.9 Å². The van der Waals surface area contributed by atoms with Gasteiger partial charge >= 0.3 is 5.97 Å². The van der Waals surface area contributed by atoms with Crippen molar-refractivity contribution in [1.29, 1.82) is 0 Å². The minimum absolute atomic E-state index is 0.00598. The third kappa shape index (κ3) is 6.32. The van der Waals surface area contributed by atoms with Crippen LogP contribution in [0.1, 0.15) is 24.0 Å². The van der Waals surface area contributed by atoms with Crippen LogP contribution < -0.4 is 14.4 Å². The Balaban J connectivity index is 1.32. The van der Waals surface area contributed by atoms with Crippen LogP contribution in [0.4, 0.5) is 5.69 Å². The number of carbonyl (C=O) groups is 1. The standard InChI is InChI=1S/C32H32N2O4/c1-36-32(35)27-18-20-34(21-19-27)28-14-12-26(13-15-28)29-16-17-30(37-22-24-8-4-2-5-9-24)33-31(29)38-23-25-10-6-3-7-11-25/h2-17,27H,18-23H2,1H3. The first-order chi connectivity index (χ1) is 18.7.